The summed E-state index contributed by atoms with van der Waals surface area (Å²) in [7, 11) is 0. The zero-order chi connectivity index (χ0) is 11.7. The molecule has 3 heterocycles. The van der Waals surface area contributed by atoms with Gasteiger partial charge in [-0.2, -0.15) is 16.3 Å². The van der Waals surface area contributed by atoms with Crippen molar-refractivity contribution in [2.45, 2.75) is 6.54 Å². The number of thiophene rings is 1. The molecule has 1 fully saturated rings. The van der Waals surface area contributed by atoms with Crippen LogP contribution in [0, 0.1) is 5.92 Å². The van der Waals surface area contributed by atoms with Crippen molar-refractivity contribution in [3.8, 4) is 11.4 Å². The first kappa shape index (κ1) is 10.9. The Kier molecular flexibility index (Phi) is 2.92. The Morgan fingerprint density at radius 2 is 2.41 bits per heavy atom. The van der Waals surface area contributed by atoms with Crippen molar-refractivity contribution >= 4 is 11.3 Å². The first-order valence-electron chi connectivity index (χ1n) is 5.53. The van der Waals surface area contributed by atoms with E-state index in [-0.39, 0.29) is 6.61 Å². The van der Waals surface area contributed by atoms with Crippen LogP contribution in [0.25, 0.3) is 11.4 Å². The van der Waals surface area contributed by atoms with Crippen molar-refractivity contribution in [3.63, 3.8) is 0 Å². The van der Waals surface area contributed by atoms with E-state index in [1.807, 2.05) is 16.8 Å². The molecule has 1 aliphatic heterocycles. The van der Waals surface area contributed by atoms with Crippen LogP contribution in [0.15, 0.2) is 21.3 Å². The largest absolute Gasteiger partial charge is 0.396 e. The maximum absolute atomic E-state index is 8.92. The van der Waals surface area contributed by atoms with Crippen LogP contribution >= 0.6 is 11.3 Å². The molecule has 0 bridgehead atoms. The smallest absolute Gasteiger partial charge is 0.241 e. The SMILES string of the molecule is OCC1CN(Cc2nc(-c3ccsc3)no2)C1. The lowest BCUT2D eigenvalue weighted by Gasteiger charge is -2.36. The minimum Gasteiger partial charge on any atom is -0.396 e. The van der Waals surface area contributed by atoms with E-state index in [9.17, 15) is 0 Å². The van der Waals surface area contributed by atoms with Crippen LogP contribution in [-0.4, -0.2) is 39.8 Å². The minimum atomic E-state index is 0.264. The maximum Gasteiger partial charge on any atom is 0.241 e. The predicted molar refractivity (Wildman–Crippen MR) is 63.5 cm³/mol. The van der Waals surface area contributed by atoms with Crippen molar-refractivity contribution in [1.82, 2.24) is 15.0 Å². The maximum atomic E-state index is 8.92. The van der Waals surface area contributed by atoms with Crippen molar-refractivity contribution in [2.75, 3.05) is 19.7 Å². The Bertz CT molecular complexity index is 477. The molecule has 0 spiro atoms. The average molecular weight is 251 g/mol. The highest BCUT2D eigenvalue weighted by Gasteiger charge is 2.27. The second-order valence-electron chi connectivity index (χ2n) is 4.27. The number of aliphatic hydroxyl groups is 1. The number of nitrogens with zero attached hydrogens (tertiary/aromatic N) is 3. The standard InChI is InChI=1S/C11H13N3O2S/c15-6-8-3-14(4-8)5-10-12-11(13-16-10)9-1-2-17-7-9/h1-2,7-8,15H,3-6H2. The number of aliphatic hydroxyl groups excluding tert-OH is 1. The molecule has 0 amide bonds. The molecule has 1 saturated heterocycles. The van der Waals surface area contributed by atoms with E-state index in [0.717, 1.165) is 18.7 Å². The van der Waals surface area contributed by atoms with Gasteiger partial charge in [-0.05, 0) is 11.4 Å². The molecule has 3 rings (SSSR count). The molecule has 0 aliphatic carbocycles. The molecule has 0 aromatic carbocycles. The number of rotatable bonds is 4. The van der Waals surface area contributed by atoms with Crippen LogP contribution in [0.3, 0.4) is 0 Å². The molecular formula is C11H13N3O2S. The third kappa shape index (κ3) is 2.24. The fourth-order valence-corrected chi connectivity index (χ4v) is 2.58. The van der Waals surface area contributed by atoms with Crippen molar-refractivity contribution in [1.29, 1.82) is 0 Å². The van der Waals surface area contributed by atoms with E-state index in [1.165, 1.54) is 0 Å². The average Bonchev–Trinajstić information content (AvgIpc) is 2.92. The highest BCUT2D eigenvalue weighted by Crippen LogP contribution is 2.21. The topological polar surface area (TPSA) is 62.4 Å². The summed E-state index contributed by atoms with van der Waals surface area (Å²) in [6, 6.07) is 1.98. The predicted octanol–water partition coefficient (Wildman–Crippen LogP) is 1.22. The second kappa shape index (κ2) is 4.56. The highest BCUT2D eigenvalue weighted by atomic mass is 32.1. The fourth-order valence-electron chi connectivity index (χ4n) is 1.94. The van der Waals surface area contributed by atoms with Crippen LogP contribution in [0.5, 0.6) is 0 Å². The zero-order valence-corrected chi connectivity index (χ0v) is 10.1. The van der Waals surface area contributed by atoms with Crippen LogP contribution in [0.4, 0.5) is 0 Å². The van der Waals surface area contributed by atoms with Gasteiger partial charge < -0.3 is 9.63 Å². The Labute approximate surface area is 103 Å². The monoisotopic (exact) mass is 251 g/mol. The molecule has 0 radical (unpaired) electrons. The van der Waals surface area contributed by atoms with Crippen LogP contribution in [0.1, 0.15) is 5.89 Å². The van der Waals surface area contributed by atoms with Crippen LogP contribution < -0.4 is 0 Å². The lowest BCUT2D eigenvalue weighted by Crippen LogP contribution is -2.47. The van der Waals surface area contributed by atoms with Gasteiger partial charge in [0, 0.05) is 36.6 Å². The summed E-state index contributed by atoms with van der Waals surface area (Å²) in [6.45, 7) is 2.76. The number of hydrogen-bond acceptors (Lipinski definition) is 6. The fraction of sp³-hybridized carbons (Fsp3) is 0.455. The van der Waals surface area contributed by atoms with Gasteiger partial charge in [0.1, 0.15) is 0 Å². The first-order chi connectivity index (χ1) is 8.35. The van der Waals surface area contributed by atoms with Gasteiger partial charge in [-0.25, -0.2) is 0 Å². The Morgan fingerprint density at radius 3 is 3.12 bits per heavy atom. The summed E-state index contributed by atoms with van der Waals surface area (Å²) in [5.41, 5.74) is 1.00. The minimum absolute atomic E-state index is 0.264. The molecule has 90 valence electrons. The van der Waals surface area contributed by atoms with Gasteiger partial charge in [0.2, 0.25) is 11.7 Å². The molecule has 6 heteroatoms. The molecule has 1 N–H and O–H groups in total. The van der Waals surface area contributed by atoms with Gasteiger partial charge in [-0.3, -0.25) is 4.90 Å². The van der Waals surface area contributed by atoms with E-state index >= 15 is 0 Å². The van der Waals surface area contributed by atoms with Gasteiger partial charge in [0.05, 0.1) is 6.54 Å². The summed E-state index contributed by atoms with van der Waals surface area (Å²) in [4.78, 5) is 6.54. The quantitative estimate of drug-likeness (QED) is 0.885. The molecule has 2 aromatic rings. The van der Waals surface area contributed by atoms with Gasteiger partial charge in [-0.15, -0.1) is 0 Å². The zero-order valence-electron chi connectivity index (χ0n) is 9.24. The van der Waals surface area contributed by atoms with E-state index in [0.29, 0.717) is 24.2 Å². The summed E-state index contributed by atoms with van der Waals surface area (Å²) in [5.74, 6) is 1.71. The number of aromatic nitrogens is 2. The van der Waals surface area contributed by atoms with Gasteiger partial charge in [-0.1, -0.05) is 5.16 Å². The number of hydrogen-bond donors (Lipinski definition) is 1. The van der Waals surface area contributed by atoms with Gasteiger partial charge >= 0.3 is 0 Å². The molecule has 0 saturated carbocycles. The van der Waals surface area contributed by atoms with Gasteiger partial charge in [0.25, 0.3) is 0 Å². The first-order valence-corrected chi connectivity index (χ1v) is 6.48. The Morgan fingerprint density at radius 1 is 1.53 bits per heavy atom. The molecule has 1 aliphatic rings. The van der Waals surface area contributed by atoms with Crippen LogP contribution in [-0.2, 0) is 6.54 Å². The Balaban J connectivity index is 1.62. The van der Waals surface area contributed by atoms with Crippen molar-refractivity contribution in [3.05, 3.63) is 22.7 Å². The summed E-state index contributed by atoms with van der Waals surface area (Å²) in [6.07, 6.45) is 0. The van der Waals surface area contributed by atoms with Crippen LogP contribution in [0.2, 0.25) is 0 Å². The normalized spacial score (nSPS) is 17.2. The van der Waals surface area contributed by atoms with E-state index < -0.39 is 0 Å². The van der Waals surface area contributed by atoms with Gasteiger partial charge in [0.15, 0.2) is 0 Å². The van der Waals surface area contributed by atoms with Crippen molar-refractivity contribution in [2.24, 2.45) is 5.92 Å². The molecular weight excluding hydrogens is 238 g/mol. The molecule has 17 heavy (non-hydrogen) atoms. The van der Waals surface area contributed by atoms with E-state index in [4.69, 9.17) is 9.63 Å². The second-order valence-corrected chi connectivity index (χ2v) is 5.05. The molecule has 5 nitrogen and oxygen atoms in total. The number of likely N-dealkylation sites (tertiary alicyclic amines) is 1. The third-order valence-corrected chi connectivity index (χ3v) is 3.58. The lowest BCUT2D eigenvalue weighted by atomic mass is 10.0. The van der Waals surface area contributed by atoms with Crippen molar-refractivity contribution < 1.29 is 9.63 Å². The molecule has 0 unspecified atom stereocenters. The summed E-state index contributed by atoms with van der Waals surface area (Å²) < 4.78 is 5.20. The van der Waals surface area contributed by atoms with E-state index in [1.54, 1.807) is 11.3 Å². The Hall–Kier alpha value is -1.24. The van der Waals surface area contributed by atoms with E-state index in [2.05, 4.69) is 15.0 Å². The highest BCUT2D eigenvalue weighted by molar-refractivity contribution is 7.08. The summed E-state index contributed by atoms with van der Waals surface area (Å²) in [5, 5.41) is 16.9. The lowest BCUT2D eigenvalue weighted by molar-refractivity contribution is 0.0402. The molecule has 2 aromatic heterocycles. The molecule has 0 atom stereocenters. The third-order valence-electron chi connectivity index (χ3n) is 2.90. The summed E-state index contributed by atoms with van der Waals surface area (Å²) >= 11 is 1.62.